The fraction of sp³-hybridized carbons (Fsp3) is 0.250. The molecule has 4 heteroatoms. The summed E-state index contributed by atoms with van der Waals surface area (Å²) >= 11 is 5.95. The van der Waals surface area contributed by atoms with Gasteiger partial charge >= 0.3 is 0 Å². The second kappa shape index (κ2) is 7.17. The van der Waals surface area contributed by atoms with Crippen LogP contribution in [-0.2, 0) is 0 Å². The summed E-state index contributed by atoms with van der Waals surface area (Å²) in [6, 6.07) is 15.1. The molecule has 3 nitrogen and oxygen atoms in total. The highest BCUT2D eigenvalue weighted by atomic mass is 35.5. The second-order valence-corrected chi connectivity index (χ2v) is 5.05. The number of para-hydroxylation sites is 1. The Bertz CT molecular complexity index is 545. The van der Waals surface area contributed by atoms with Gasteiger partial charge in [0.2, 0.25) is 0 Å². The van der Waals surface area contributed by atoms with E-state index >= 15 is 0 Å². The van der Waals surface area contributed by atoms with Crippen molar-refractivity contribution in [3.8, 4) is 5.75 Å². The zero-order valence-corrected chi connectivity index (χ0v) is 12.1. The van der Waals surface area contributed by atoms with E-state index < -0.39 is 6.10 Å². The Labute approximate surface area is 124 Å². The van der Waals surface area contributed by atoms with Crippen molar-refractivity contribution in [3.05, 3.63) is 59.1 Å². The summed E-state index contributed by atoms with van der Waals surface area (Å²) in [5.41, 5.74) is 2.02. The highest BCUT2D eigenvalue weighted by molar-refractivity contribution is 6.30. The van der Waals surface area contributed by atoms with E-state index in [0.717, 1.165) is 17.0 Å². The summed E-state index contributed by atoms with van der Waals surface area (Å²) in [5.74, 6) is 0.755. The Morgan fingerprint density at radius 1 is 1.20 bits per heavy atom. The molecule has 0 aromatic heterocycles. The van der Waals surface area contributed by atoms with Gasteiger partial charge < -0.3 is 15.2 Å². The van der Waals surface area contributed by atoms with Crippen LogP contribution in [0.3, 0.4) is 0 Å². The highest BCUT2D eigenvalue weighted by Gasteiger charge is 2.06. The van der Waals surface area contributed by atoms with Crippen LogP contribution in [0.4, 0.5) is 5.69 Å². The van der Waals surface area contributed by atoms with Gasteiger partial charge in [-0.05, 0) is 36.8 Å². The molecule has 2 aromatic carbocycles. The molecule has 0 amide bonds. The van der Waals surface area contributed by atoms with Gasteiger partial charge in [-0.3, -0.25) is 0 Å². The SMILES string of the molecule is Cc1ccc(Cl)cc1NCC(O)COc1ccccc1. The van der Waals surface area contributed by atoms with Crippen molar-refractivity contribution < 1.29 is 9.84 Å². The maximum atomic E-state index is 9.91. The van der Waals surface area contributed by atoms with Crippen LogP contribution >= 0.6 is 11.6 Å². The second-order valence-electron chi connectivity index (χ2n) is 4.62. The van der Waals surface area contributed by atoms with Crippen molar-refractivity contribution in [2.24, 2.45) is 0 Å². The summed E-state index contributed by atoms with van der Waals surface area (Å²) in [6.07, 6.45) is -0.589. The van der Waals surface area contributed by atoms with Crippen LogP contribution in [-0.4, -0.2) is 24.4 Å². The molecule has 0 aliphatic rings. The molecule has 0 aliphatic heterocycles. The maximum Gasteiger partial charge on any atom is 0.119 e. The van der Waals surface area contributed by atoms with Crippen LogP contribution in [0.1, 0.15) is 5.56 Å². The molecule has 0 spiro atoms. The predicted octanol–water partition coefficient (Wildman–Crippen LogP) is 3.50. The minimum Gasteiger partial charge on any atom is -0.491 e. The third-order valence-electron chi connectivity index (χ3n) is 2.91. The van der Waals surface area contributed by atoms with Crippen molar-refractivity contribution >= 4 is 17.3 Å². The van der Waals surface area contributed by atoms with Crippen LogP contribution in [0, 0.1) is 6.92 Å². The molecule has 20 heavy (non-hydrogen) atoms. The Morgan fingerprint density at radius 2 is 1.95 bits per heavy atom. The molecule has 2 N–H and O–H groups in total. The smallest absolute Gasteiger partial charge is 0.119 e. The van der Waals surface area contributed by atoms with E-state index in [0.29, 0.717) is 11.6 Å². The van der Waals surface area contributed by atoms with E-state index in [9.17, 15) is 5.11 Å². The van der Waals surface area contributed by atoms with Crippen LogP contribution in [0.25, 0.3) is 0 Å². The zero-order valence-electron chi connectivity index (χ0n) is 11.3. The normalized spacial score (nSPS) is 11.9. The first-order chi connectivity index (χ1) is 9.65. The van der Waals surface area contributed by atoms with E-state index in [1.54, 1.807) is 0 Å². The lowest BCUT2D eigenvalue weighted by Gasteiger charge is -2.15. The molecule has 0 radical (unpaired) electrons. The van der Waals surface area contributed by atoms with Crippen molar-refractivity contribution in [2.75, 3.05) is 18.5 Å². The third kappa shape index (κ3) is 4.44. The number of aryl methyl sites for hydroxylation is 1. The Balaban J connectivity index is 1.80. The van der Waals surface area contributed by atoms with Gasteiger partial charge in [0.1, 0.15) is 18.5 Å². The minimum atomic E-state index is -0.589. The van der Waals surface area contributed by atoms with Crippen LogP contribution in [0.2, 0.25) is 5.02 Å². The largest absolute Gasteiger partial charge is 0.491 e. The number of aliphatic hydroxyl groups excluding tert-OH is 1. The number of ether oxygens (including phenoxy) is 1. The van der Waals surface area contributed by atoms with Crippen molar-refractivity contribution in [1.29, 1.82) is 0 Å². The predicted molar refractivity (Wildman–Crippen MR) is 82.6 cm³/mol. The molecule has 0 aliphatic carbocycles. The Hall–Kier alpha value is -1.71. The molecule has 2 aromatic rings. The van der Waals surface area contributed by atoms with Crippen LogP contribution in [0.5, 0.6) is 5.75 Å². The lowest BCUT2D eigenvalue weighted by molar-refractivity contribution is 0.117. The number of hydrogen-bond acceptors (Lipinski definition) is 3. The number of hydrogen-bond donors (Lipinski definition) is 2. The molecular formula is C16H18ClNO2. The van der Waals surface area contributed by atoms with E-state index in [-0.39, 0.29) is 6.61 Å². The summed E-state index contributed by atoms with van der Waals surface area (Å²) in [5, 5.41) is 13.8. The standard InChI is InChI=1S/C16H18ClNO2/c1-12-7-8-13(17)9-16(12)18-10-14(19)11-20-15-5-3-2-4-6-15/h2-9,14,18-19H,10-11H2,1H3. The highest BCUT2D eigenvalue weighted by Crippen LogP contribution is 2.20. The monoisotopic (exact) mass is 291 g/mol. The molecule has 2 rings (SSSR count). The van der Waals surface area contributed by atoms with E-state index in [1.165, 1.54) is 0 Å². The quantitative estimate of drug-likeness (QED) is 0.856. The molecule has 0 saturated heterocycles. The summed E-state index contributed by atoms with van der Waals surface area (Å²) in [7, 11) is 0. The molecular weight excluding hydrogens is 274 g/mol. The lowest BCUT2D eigenvalue weighted by Crippen LogP contribution is -2.26. The fourth-order valence-electron chi connectivity index (χ4n) is 1.78. The van der Waals surface area contributed by atoms with Gasteiger partial charge in [0.15, 0.2) is 0 Å². The van der Waals surface area contributed by atoms with Crippen molar-refractivity contribution in [2.45, 2.75) is 13.0 Å². The first kappa shape index (κ1) is 14.7. The summed E-state index contributed by atoms with van der Waals surface area (Å²) < 4.78 is 5.49. The van der Waals surface area contributed by atoms with Crippen molar-refractivity contribution in [3.63, 3.8) is 0 Å². The van der Waals surface area contributed by atoms with E-state index in [1.807, 2.05) is 55.5 Å². The van der Waals surface area contributed by atoms with Crippen LogP contribution in [0.15, 0.2) is 48.5 Å². The first-order valence-corrected chi connectivity index (χ1v) is 6.89. The van der Waals surface area contributed by atoms with Gasteiger partial charge in [-0.15, -0.1) is 0 Å². The van der Waals surface area contributed by atoms with Crippen molar-refractivity contribution in [1.82, 2.24) is 0 Å². The topological polar surface area (TPSA) is 41.5 Å². The number of anilines is 1. The molecule has 106 valence electrons. The van der Waals surface area contributed by atoms with Gasteiger partial charge in [-0.1, -0.05) is 35.9 Å². The summed E-state index contributed by atoms with van der Waals surface area (Å²) in [4.78, 5) is 0. The molecule has 0 heterocycles. The summed E-state index contributed by atoms with van der Waals surface area (Å²) in [6.45, 7) is 2.65. The Kier molecular flexibility index (Phi) is 5.27. The van der Waals surface area contributed by atoms with Gasteiger partial charge in [-0.2, -0.15) is 0 Å². The number of nitrogens with one attached hydrogen (secondary N) is 1. The maximum absolute atomic E-state index is 9.91. The van der Waals surface area contributed by atoms with Gasteiger partial charge in [0.25, 0.3) is 0 Å². The third-order valence-corrected chi connectivity index (χ3v) is 3.15. The number of benzene rings is 2. The molecule has 0 fully saturated rings. The van der Waals surface area contributed by atoms with Gasteiger partial charge in [0, 0.05) is 17.3 Å². The van der Waals surface area contributed by atoms with Gasteiger partial charge in [0.05, 0.1) is 0 Å². The van der Waals surface area contributed by atoms with Crippen LogP contribution < -0.4 is 10.1 Å². The number of halogens is 1. The molecule has 1 atom stereocenters. The Morgan fingerprint density at radius 3 is 2.70 bits per heavy atom. The number of rotatable bonds is 6. The minimum absolute atomic E-state index is 0.247. The molecule has 0 bridgehead atoms. The zero-order chi connectivity index (χ0) is 14.4. The molecule has 1 unspecified atom stereocenters. The first-order valence-electron chi connectivity index (χ1n) is 6.51. The van der Waals surface area contributed by atoms with E-state index in [2.05, 4.69) is 5.32 Å². The average Bonchev–Trinajstić information content (AvgIpc) is 2.47. The van der Waals surface area contributed by atoms with E-state index in [4.69, 9.17) is 16.3 Å². The number of aliphatic hydroxyl groups is 1. The fourth-order valence-corrected chi connectivity index (χ4v) is 1.95. The lowest BCUT2D eigenvalue weighted by atomic mass is 10.2. The molecule has 0 saturated carbocycles. The van der Waals surface area contributed by atoms with Gasteiger partial charge in [-0.25, -0.2) is 0 Å². The average molecular weight is 292 g/mol.